The highest BCUT2D eigenvalue weighted by atomic mass is 14.8. The third-order valence-electron chi connectivity index (χ3n) is 4.91. The van der Waals surface area contributed by atoms with Crippen molar-refractivity contribution in [2.75, 3.05) is 0 Å². The molecule has 0 atom stereocenters. The number of hydrogen-bond donors (Lipinski definition) is 0. The highest BCUT2D eigenvalue weighted by molar-refractivity contribution is 6.31. The van der Waals surface area contributed by atoms with Gasteiger partial charge in [0.2, 0.25) is 0 Å². The van der Waals surface area contributed by atoms with E-state index in [0.29, 0.717) is 0 Å². The van der Waals surface area contributed by atoms with E-state index in [1.165, 1.54) is 11.1 Å². The first-order valence-corrected chi connectivity index (χ1v) is 10.7. The standard InChI is InChI=1S/C29H37N/c1-21(23-14-18-25(19-15-23)28(5,6)7)26(30-29(8,9)10)20-13-22-11-16-24(17-12-22)27(2,3)4/h11-12,14-19H,1H2,2-10H3. The van der Waals surface area contributed by atoms with Crippen LogP contribution in [0.25, 0.3) is 5.57 Å². The Hall–Kier alpha value is -2.59. The van der Waals surface area contributed by atoms with E-state index < -0.39 is 0 Å². The van der Waals surface area contributed by atoms with Gasteiger partial charge >= 0.3 is 0 Å². The molecule has 0 aliphatic rings. The molecule has 2 aromatic rings. The maximum atomic E-state index is 4.87. The van der Waals surface area contributed by atoms with Crippen LogP contribution in [0.3, 0.4) is 0 Å². The third-order valence-corrected chi connectivity index (χ3v) is 4.91. The SMILES string of the molecule is C=C(C(C#Cc1ccc(C(C)(C)C)cc1)=NC(C)(C)C)c1ccc(C(C)(C)C)cc1. The summed E-state index contributed by atoms with van der Waals surface area (Å²) in [5, 5.41) is 0. The van der Waals surface area contributed by atoms with Crippen molar-refractivity contribution < 1.29 is 0 Å². The van der Waals surface area contributed by atoms with Gasteiger partial charge in [-0.1, -0.05) is 90.4 Å². The fourth-order valence-corrected chi connectivity index (χ4v) is 3.00. The Bertz CT molecular complexity index is 969. The van der Waals surface area contributed by atoms with Gasteiger partial charge in [0.05, 0.1) is 5.54 Å². The Balaban J connectivity index is 2.38. The van der Waals surface area contributed by atoms with Gasteiger partial charge in [-0.2, -0.15) is 0 Å². The topological polar surface area (TPSA) is 12.4 Å². The Labute approximate surface area is 184 Å². The predicted octanol–water partition coefficient (Wildman–Crippen LogP) is 7.59. The second-order valence-corrected chi connectivity index (χ2v) is 11.0. The summed E-state index contributed by atoms with van der Waals surface area (Å²) in [4.78, 5) is 4.87. The summed E-state index contributed by atoms with van der Waals surface area (Å²) in [6.07, 6.45) is 0. The Morgan fingerprint density at radius 3 is 1.53 bits per heavy atom. The smallest absolute Gasteiger partial charge is 0.115 e. The molecule has 0 fully saturated rings. The summed E-state index contributed by atoms with van der Waals surface area (Å²) in [5.74, 6) is 6.59. The molecule has 2 aromatic carbocycles. The van der Waals surface area contributed by atoms with E-state index >= 15 is 0 Å². The first-order chi connectivity index (χ1) is 13.7. The van der Waals surface area contributed by atoms with E-state index in [1.807, 2.05) is 0 Å². The first-order valence-electron chi connectivity index (χ1n) is 10.7. The van der Waals surface area contributed by atoms with Crippen molar-refractivity contribution in [1.82, 2.24) is 0 Å². The zero-order chi connectivity index (χ0) is 22.7. The van der Waals surface area contributed by atoms with Gasteiger partial charge in [0.25, 0.3) is 0 Å². The molecule has 0 unspecified atom stereocenters. The summed E-state index contributed by atoms with van der Waals surface area (Å²) in [6.45, 7) is 23.9. The lowest BCUT2D eigenvalue weighted by atomic mass is 9.86. The maximum absolute atomic E-state index is 4.87. The van der Waals surface area contributed by atoms with E-state index in [4.69, 9.17) is 4.99 Å². The quantitative estimate of drug-likeness (QED) is 0.364. The van der Waals surface area contributed by atoms with Crippen molar-refractivity contribution in [2.45, 2.75) is 78.7 Å². The van der Waals surface area contributed by atoms with Crippen molar-refractivity contribution >= 4 is 11.3 Å². The number of nitrogens with zero attached hydrogens (tertiary/aromatic N) is 1. The molecule has 1 heteroatoms. The van der Waals surface area contributed by atoms with Gasteiger partial charge in [0.1, 0.15) is 5.71 Å². The van der Waals surface area contributed by atoms with Gasteiger partial charge < -0.3 is 0 Å². The summed E-state index contributed by atoms with van der Waals surface area (Å²) in [5.41, 5.74) is 6.30. The fraction of sp³-hybridized carbons (Fsp3) is 0.414. The van der Waals surface area contributed by atoms with Gasteiger partial charge in [-0.3, -0.25) is 4.99 Å². The van der Waals surface area contributed by atoms with Crippen LogP contribution in [0.4, 0.5) is 0 Å². The summed E-state index contributed by atoms with van der Waals surface area (Å²) in [7, 11) is 0. The van der Waals surface area contributed by atoms with Crippen LogP contribution >= 0.6 is 0 Å². The van der Waals surface area contributed by atoms with Gasteiger partial charge in [0, 0.05) is 11.1 Å². The predicted molar refractivity (Wildman–Crippen MR) is 133 cm³/mol. The van der Waals surface area contributed by atoms with E-state index in [-0.39, 0.29) is 16.4 Å². The fourth-order valence-electron chi connectivity index (χ4n) is 3.00. The van der Waals surface area contributed by atoms with Crippen molar-refractivity contribution in [3.8, 4) is 11.8 Å². The number of allylic oxidation sites excluding steroid dienone is 1. The van der Waals surface area contributed by atoms with Crippen LogP contribution in [0.2, 0.25) is 0 Å². The zero-order valence-corrected chi connectivity index (χ0v) is 20.3. The molecule has 0 amide bonds. The van der Waals surface area contributed by atoms with Crippen LogP contribution in [0, 0.1) is 11.8 Å². The van der Waals surface area contributed by atoms with Crippen LogP contribution in [-0.2, 0) is 10.8 Å². The number of rotatable bonds is 2. The molecule has 30 heavy (non-hydrogen) atoms. The zero-order valence-electron chi connectivity index (χ0n) is 20.3. The minimum atomic E-state index is -0.228. The third kappa shape index (κ3) is 6.74. The van der Waals surface area contributed by atoms with E-state index in [1.54, 1.807) is 0 Å². The van der Waals surface area contributed by atoms with Crippen molar-refractivity contribution in [2.24, 2.45) is 4.99 Å². The molecule has 0 saturated heterocycles. The number of hydrogen-bond acceptors (Lipinski definition) is 1. The summed E-state index contributed by atoms with van der Waals surface area (Å²) >= 11 is 0. The largest absolute Gasteiger partial charge is 0.270 e. The molecule has 0 aliphatic carbocycles. The average molecular weight is 400 g/mol. The summed E-state index contributed by atoms with van der Waals surface area (Å²) in [6, 6.07) is 17.1. The molecule has 2 rings (SSSR count). The van der Waals surface area contributed by atoms with Crippen LogP contribution in [0.15, 0.2) is 60.1 Å². The molecule has 0 spiro atoms. The van der Waals surface area contributed by atoms with Crippen LogP contribution in [0.5, 0.6) is 0 Å². The van der Waals surface area contributed by atoms with E-state index in [9.17, 15) is 0 Å². The van der Waals surface area contributed by atoms with Crippen LogP contribution in [0.1, 0.15) is 84.6 Å². The van der Waals surface area contributed by atoms with Crippen LogP contribution in [-0.4, -0.2) is 11.3 Å². The summed E-state index contributed by atoms with van der Waals surface area (Å²) < 4.78 is 0. The molecule has 1 nitrogen and oxygen atoms in total. The molecule has 0 bridgehead atoms. The molecule has 0 N–H and O–H groups in total. The Morgan fingerprint density at radius 2 is 1.13 bits per heavy atom. The Morgan fingerprint density at radius 1 is 0.700 bits per heavy atom. The first kappa shape index (κ1) is 23.7. The lowest BCUT2D eigenvalue weighted by Crippen LogP contribution is -2.14. The van der Waals surface area contributed by atoms with Crippen molar-refractivity contribution in [1.29, 1.82) is 0 Å². The number of aliphatic imine (C=N–C) groups is 1. The highest BCUT2D eigenvalue weighted by Crippen LogP contribution is 2.25. The second-order valence-electron chi connectivity index (χ2n) is 11.0. The molecule has 0 radical (unpaired) electrons. The van der Waals surface area contributed by atoms with Gasteiger partial charge in [0.15, 0.2) is 0 Å². The maximum Gasteiger partial charge on any atom is 0.115 e. The molecular formula is C29H37N. The average Bonchev–Trinajstić information content (AvgIpc) is 2.62. The van der Waals surface area contributed by atoms with Crippen molar-refractivity contribution in [3.63, 3.8) is 0 Å². The van der Waals surface area contributed by atoms with Gasteiger partial charge in [-0.25, -0.2) is 0 Å². The minimum Gasteiger partial charge on any atom is -0.270 e. The minimum absolute atomic E-state index is 0.126. The normalized spacial score (nSPS) is 12.9. The molecule has 0 aliphatic heterocycles. The Kier molecular flexibility index (Phi) is 6.83. The van der Waals surface area contributed by atoms with Gasteiger partial charge in [-0.15, -0.1) is 0 Å². The van der Waals surface area contributed by atoms with Crippen molar-refractivity contribution in [3.05, 3.63) is 77.4 Å². The molecule has 0 aromatic heterocycles. The molecule has 158 valence electrons. The lowest BCUT2D eigenvalue weighted by molar-refractivity contribution is 0.585. The lowest BCUT2D eigenvalue weighted by Gasteiger charge is -2.20. The monoisotopic (exact) mass is 399 g/mol. The molecular weight excluding hydrogens is 362 g/mol. The van der Waals surface area contributed by atoms with E-state index in [0.717, 1.165) is 22.4 Å². The number of benzene rings is 2. The highest BCUT2D eigenvalue weighted by Gasteiger charge is 2.16. The van der Waals surface area contributed by atoms with Gasteiger partial charge in [-0.05, 0) is 66.3 Å². The van der Waals surface area contributed by atoms with E-state index in [2.05, 4.69) is 129 Å². The molecule has 0 heterocycles. The molecule has 0 saturated carbocycles. The van der Waals surface area contributed by atoms with Crippen LogP contribution < -0.4 is 0 Å². The second kappa shape index (κ2) is 8.65.